The molecule has 2 rings (SSSR count). The van der Waals surface area contributed by atoms with Crippen molar-refractivity contribution in [3.8, 4) is 0 Å². The summed E-state index contributed by atoms with van der Waals surface area (Å²) in [5.41, 5.74) is 2.30. The maximum atomic E-state index is 11.8. The normalized spacial score (nSPS) is 15.2. The Balaban J connectivity index is 1.77. The Morgan fingerprint density at radius 3 is 2.95 bits per heavy atom. The number of aromatic nitrogens is 2. The molecule has 0 saturated heterocycles. The topological polar surface area (TPSA) is 53.4 Å². The standard InChI is InChI=1S/C15H27N5O/c1-4-19-9-10-20-14(12-19)11-13(17-20)5-6-15(21)16-7-8-18(2)3/h11H,4-10,12H2,1-3H3,(H,16,21). The molecule has 0 saturated carbocycles. The molecule has 0 fully saturated rings. The molecule has 0 unspecified atom stereocenters. The lowest BCUT2D eigenvalue weighted by molar-refractivity contribution is -0.121. The fourth-order valence-corrected chi connectivity index (χ4v) is 2.52. The summed E-state index contributed by atoms with van der Waals surface area (Å²) in [7, 11) is 4.00. The van der Waals surface area contributed by atoms with E-state index in [9.17, 15) is 4.79 Å². The van der Waals surface area contributed by atoms with Gasteiger partial charge in [0.25, 0.3) is 0 Å². The molecule has 1 aromatic rings. The van der Waals surface area contributed by atoms with Crippen LogP contribution in [0.15, 0.2) is 6.07 Å². The van der Waals surface area contributed by atoms with E-state index in [4.69, 9.17) is 0 Å². The molecule has 1 aliphatic rings. The van der Waals surface area contributed by atoms with Gasteiger partial charge in [0.2, 0.25) is 5.91 Å². The number of rotatable bonds is 7. The van der Waals surface area contributed by atoms with Crippen LogP contribution in [0.2, 0.25) is 0 Å². The third kappa shape index (κ3) is 4.82. The van der Waals surface area contributed by atoms with E-state index < -0.39 is 0 Å². The number of nitrogens with zero attached hydrogens (tertiary/aromatic N) is 4. The summed E-state index contributed by atoms with van der Waals surface area (Å²) in [5, 5.41) is 7.54. The first-order valence-electron chi connectivity index (χ1n) is 7.78. The maximum Gasteiger partial charge on any atom is 0.220 e. The molecular weight excluding hydrogens is 266 g/mol. The molecule has 1 aromatic heterocycles. The Morgan fingerprint density at radius 2 is 2.24 bits per heavy atom. The Morgan fingerprint density at radius 1 is 1.43 bits per heavy atom. The van der Waals surface area contributed by atoms with Crippen LogP contribution in [0.3, 0.4) is 0 Å². The van der Waals surface area contributed by atoms with Gasteiger partial charge < -0.3 is 10.2 Å². The van der Waals surface area contributed by atoms with Crippen molar-refractivity contribution < 1.29 is 4.79 Å². The van der Waals surface area contributed by atoms with E-state index in [0.717, 1.165) is 44.8 Å². The molecule has 21 heavy (non-hydrogen) atoms. The van der Waals surface area contributed by atoms with E-state index >= 15 is 0 Å². The van der Waals surface area contributed by atoms with Gasteiger partial charge in [-0.15, -0.1) is 0 Å². The SMILES string of the molecule is CCN1CCn2nc(CCC(=O)NCCN(C)C)cc2C1. The highest BCUT2D eigenvalue weighted by atomic mass is 16.1. The fourth-order valence-electron chi connectivity index (χ4n) is 2.52. The number of hydrogen-bond acceptors (Lipinski definition) is 4. The zero-order chi connectivity index (χ0) is 15.2. The number of carbonyl (C=O) groups is 1. The van der Waals surface area contributed by atoms with Crippen LogP contribution in [-0.4, -0.2) is 65.8 Å². The molecular formula is C15H27N5O. The van der Waals surface area contributed by atoms with E-state index in [1.54, 1.807) is 0 Å². The minimum absolute atomic E-state index is 0.109. The van der Waals surface area contributed by atoms with Gasteiger partial charge in [0.1, 0.15) is 0 Å². The molecule has 1 aliphatic heterocycles. The average molecular weight is 293 g/mol. The molecule has 6 heteroatoms. The molecule has 0 atom stereocenters. The van der Waals surface area contributed by atoms with E-state index in [1.807, 2.05) is 14.1 Å². The van der Waals surface area contributed by atoms with Crippen molar-refractivity contribution in [3.63, 3.8) is 0 Å². The second-order valence-corrected chi connectivity index (χ2v) is 5.87. The zero-order valence-electron chi connectivity index (χ0n) is 13.4. The van der Waals surface area contributed by atoms with Gasteiger partial charge >= 0.3 is 0 Å². The first kappa shape index (κ1) is 16.0. The van der Waals surface area contributed by atoms with Crippen LogP contribution in [-0.2, 0) is 24.3 Å². The number of carbonyl (C=O) groups excluding carboxylic acids is 1. The number of likely N-dealkylation sites (N-methyl/N-ethyl adjacent to an activating group) is 2. The molecule has 1 N–H and O–H groups in total. The van der Waals surface area contributed by atoms with Gasteiger partial charge in [-0.05, 0) is 26.7 Å². The molecule has 0 radical (unpaired) electrons. The van der Waals surface area contributed by atoms with Crippen LogP contribution in [0.1, 0.15) is 24.7 Å². The maximum absolute atomic E-state index is 11.8. The Kier molecular flexibility index (Phi) is 5.76. The first-order chi connectivity index (χ1) is 10.1. The van der Waals surface area contributed by atoms with Gasteiger partial charge in [-0.25, -0.2) is 0 Å². The second-order valence-electron chi connectivity index (χ2n) is 5.87. The summed E-state index contributed by atoms with van der Waals surface area (Å²) in [5.74, 6) is 0.109. The summed E-state index contributed by atoms with van der Waals surface area (Å²) < 4.78 is 2.09. The second kappa shape index (κ2) is 7.56. The molecule has 0 bridgehead atoms. The van der Waals surface area contributed by atoms with Crippen LogP contribution in [0.5, 0.6) is 0 Å². The van der Waals surface area contributed by atoms with E-state index in [1.165, 1.54) is 5.69 Å². The highest BCUT2D eigenvalue weighted by Crippen LogP contribution is 2.14. The molecule has 1 amide bonds. The molecule has 0 aliphatic carbocycles. The van der Waals surface area contributed by atoms with Gasteiger partial charge in [0.15, 0.2) is 0 Å². The molecule has 0 spiro atoms. The van der Waals surface area contributed by atoms with E-state index in [-0.39, 0.29) is 5.91 Å². The van der Waals surface area contributed by atoms with Gasteiger partial charge in [-0.1, -0.05) is 6.92 Å². The minimum atomic E-state index is 0.109. The summed E-state index contributed by atoms with van der Waals surface area (Å²) in [6.45, 7) is 7.83. The van der Waals surface area contributed by atoms with Gasteiger partial charge in [0.05, 0.1) is 17.9 Å². The number of nitrogens with one attached hydrogen (secondary N) is 1. The van der Waals surface area contributed by atoms with Gasteiger partial charge in [0, 0.05) is 39.0 Å². The average Bonchev–Trinajstić information content (AvgIpc) is 2.86. The lowest BCUT2D eigenvalue weighted by Crippen LogP contribution is -2.33. The molecule has 6 nitrogen and oxygen atoms in total. The predicted octanol–water partition coefficient (Wildman–Crippen LogP) is 0.329. The Bertz CT molecular complexity index is 469. The summed E-state index contributed by atoms with van der Waals surface area (Å²) in [4.78, 5) is 16.2. The predicted molar refractivity (Wildman–Crippen MR) is 83.1 cm³/mol. The lowest BCUT2D eigenvalue weighted by atomic mass is 10.2. The molecule has 0 aromatic carbocycles. The quantitative estimate of drug-likeness (QED) is 0.787. The van der Waals surface area contributed by atoms with Crippen molar-refractivity contribution in [2.75, 3.05) is 40.3 Å². The minimum Gasteiger partial charge on any atom is -0.355 e. The Hall–Kier alpha value is -1.40. The molecule has 118 valence electrons. The van der Waals surface area contributed by atoms with E-state index in [0.29, 0.717) is 13.0 Å². The van der Waals surface area contributed by atoms with Crippen molar-refractivity contribution in [3.05, 3.63) is 17.5 Å². The highest BCUT2D eigenvalue weighted by Gasteiger charge is 2.17. The van der Waals surface area contributed by atoms with Crippen LogP contribution in [0.4, 0.5) is 0 Å². The number of amides is 1. The monoisotopic (exact) mass is 293 g/mol. The summed E-state index contributed by atoms with van der Waals surface area (Å²) >= 11 is 0. The van der Waals surface area contributed by atoms with Gasteiger partial charge in [-0.3, -0.25) is 14.4 Å². The largest absolute Gasteiger partial charge is 0.355 e. The van der Waals surface area contributed by atoms with Crippen LogP contribution < -0.4 is 5.32 Å². The summed E-state index contributed by atoms with van der Waals surface area (Å²) in [6.07, 6.45) is 1.24. The van der Waals surface area contributed by atoms with Crippen molar-refractivity contribution in [2.24, 2.45) is 0 Å². The number of hydrogen-bond donors (Lipinski definition) is 1. The smallest absolute Gasteiger partial charge is 0.220 e. The van der Waals surface area contributed by atoms with E-state index in [2.05, 4.69) is 37.9 Å². The number of aryl methyl sites for hydroxylation is 1. The van der Waals surface area contributed by atoms with Crippen molar-refractivity contribution in [2.45, 2.75) is 32.9 Å². The third-order valence-corrected chi connectivity index (χ3v) is 3.86. The van der Waals surface area contributed by atoms with Crippen molar-refractivity contribution in [1.82, 2.24) is 24.9 Å². The van der Waals surface area contributed by atoms with Crippen LogP contribution >= 0.6 is 0 Å². The Labute approximate surface area is 127 Å². The fraction of sp³-hybridized carbons (Fsp3) is 0.733. The van der Waals surface area contributed by atoms with Crippen molar-refractivity contribution in [1.29, 1.82) is 0 Å². The summed E-state index contributed by atoms with van der Waals surface area (Å²) in [6, 6.07) is 2.15. The highest BCUT2D eigenvalue weighted by molar-refractivity contribution is 5.76. The lowest BCUT2D eigenvalue weighted by Gasteiger charge is -2.25. The first-order valence-corrected chi connectivity index (χ1v) is 7.78. The zero-order valence-corrected chi connectivity index (χ0v) is 13.4. The van der Waals surface area contributed by atoms with Crippen LogP contribution in [0, 0.1) is 0 Å². The number of fused-ring (bicyclic) bond motifs is 1. The third-order valence-electron chi connectivity index (χ3n) is 3.86. The van der Waals surface area contributed by atoms with Gasteiger partial charge in [-0.2, -0.15) is 5.10 Å². The molecule has 2 heterocycles. The van der Waals surface area contributed by atoms with Crippen molar-refractivity contribution >= 4 is 5.91 Å². The van der Waals surface area contributed by atoms with Crippen LogP contribution in [0.25, 0.3) is 0 Å².